The van der Waals surface area contributed by atoms with Gasteiger partial charge in [-0.3, -0.25) is 4.79 Å². The van der Waals surface area contributed by atoms with E-state index < -0.39 is 23.8 Å². The zero-order valence-corrected chi connectivity index (χ0v) is 18.3. The van der Waals surface area contributed by atoms with Gasteiger partial charge in [-0.2, -0.15) is 18.3 Å². The number of carbonyl (C=O) groups excluding carboxylic acids is 1. The van der Waals surface area contributed by atoms with Crippen LogP contribution in [0.4, 0.5) is 13.2 Å². The maximum Gasteiger partial charge on any atom is 0.433 e. The zero-order chi connectivity index (χ0) is 23.8. The summed E-state index contributed by atoms with van der Waals surface area (Å²) in [4.78, 5) is 17.1. The molecule has 0 saturated heterocycles. The first-order chi connectivity index (χ1) is 15.7. The second kappa shape index (κ2) is 8.74. The van der Waals surface area contributed by atoms with Crippen LogP contribution in [0.3, 0.4) is 0 Å². The Morgan fingerprint density at radius 1 is 1.12 bits per heavy atom. The molecule has 2 aromatic heterocycles. The van der Waals surface area contributed by atoms with Gasteiger partial charge in [0.15, 0.2) is 17.0 Å². The molecule has 0 saturated carbocycles. The van der Waals surface area contributed by atoms with Crippen molar-refractivity contribution in [3.05, 3.63) is 82.6 Å². The number of nitrogens with one attached hydrogen (secondary N) is 1. The summed E-state index contributed by atoms with van der Waals surface area (Å²) in [6, 6.07) is 16.0. The Bertz CT molecular complexity index is 1320. The monoisotopic (exact) mass is 474 g/mol. The van der Waals surface area contributed by atoms with Crippen molar-refractivity contribution < 1.29 is 22.7 Å². The fourth-order valence-electron chi connectivity index (χ4n) is 3.36. The molecule has 0 fully saturated rings. The highest BCUT2D eigenvalue weighted by Crippen LogP contribution is 2.35. The van der Waals surface area contributed by atoms with Crippen LogP contribution >= 0.6 is 11.6 Å². The molecule has 0 bridgehead atoms. The Labute approximate surface area is 192 Å². The number of halogens is 4. The molecule has 0 aliphatic carbocycles. The van der Waals surface area contributed by atoms with Gasteiger partial charge >= 0.3 is 6.18 Å². The highest BCUT2D eigenvalue weighted by Gasteiger charge is 2.37. The van der Waals surface area contributed by atoms with E-state index in [4.69, 9.17) is 16.3 Å². The average molecular weight is 475 g/mol. The lowest BCUT2D eigenvalue weighted by Crippen LogP contribution is -2.27. The molecule has 0 spiro atoms. The van der Waals surface area contributed by atoms with Gasteiger partial charge in [0.05, 0.1) is 18.8 Å². The van der Waals surface area contributed by atoms with Gasteiger partial charge in [-0.15, -0.1) is 0 Å². The van der Waals surface area contributed by atoms with Gasteiger partial charge in [0.25, 0.3) is 5.91 Å². The van der Waals surface area contributed by atoms with Crippen LogP contribution in [-0.4, -0.2) is 27.6 Å². The molecule has 10 heteroatoms. The van der Waals surface area contributed by atoms with E-state index in [1.54, 1.807) is 31.2 Å². The van der Waals surface area contributed by atoms with Crippen LogP contribution < -0.4 is 10.1 Å². The number of ether oxygens (including phenoxy) is 1. The summed E-state index contributed by atoms with van der Waals surface area (Å²) in [5.41, 5.74) is -0.506. The SMILES string of the molecule is COc1cccc(-c2cc(C(F)(F)F)n3nc(C(=O)NC(C)c4ccccc4)c(Cl)c3n2)c1. The summed E-state index contributed by atoms with van der Waals surface area (Å²) in [7, 11) is 1.45. The molecule has 4 rings (SSSR count). The molecule has 1 atom stereocenters. The van der Waals surface area contributed by atoms with Crippen LogP contribution in [0.1, 0.15) is 34.7 Å². The Hall–Kier alpha value is -3.59. The molecule has 2 heterocycles. The van der Waals surface area contributed by atoms with Gasteiger partial charge in [-0.05, 0) is 30.7 Å². The fourth-order valence-corrected chi connectivity index (χ4v) is 3.60. The van der Waals surface area contributed by atoms with Crippen molar-refractivity contribution in [1.82, 2.24) is 19.9 Å². The minimum Gasteiger partial charge on any atom is -0.497 e. The molecule has 4 aromatic rings. The minimum atomic E-state index is -4.77. The van der Waals surface area contributed by atoms with E-state index in [9.17, 15) is 18.0 Å². The summed E-state index contributed by atoms with van der Waals surface area (Å²) < 4.78 is 47.3. The molecule has 1 amide bonds. The summed E-state index contributed by atoms with van der Waals surface area (Å²) >= 11 is 6.32. The number of nitrogens with zero attached hydrogens (tertiary/aromatic N) is 3. The van der Waals surface area contributed by atoms with E-state index in [0.717, 1.165) is 11.6 Å². The number of rotatable bonds is 5. The van der Waals surface area contributed by atoms with Gasteiger partial charge in [0, 0.05) is 5.56 Å². The molecule has 6 nitrogen and oxygen atoms in total. The van der Waals surface area contributed by atoms with E-state index in [1.165, 1.54) is 7.11 Å². The number of benzene rings is 2. The van der Waals surface area contributed by atoms with Gasteiger partial charge in [-0.1, -0.05) is 54.1 Å². The first-order valence-corrected chi connectivity index (χ1v) is 10.2. The second-order valence-corrected chi connectivity index (χ2v) is 7.64. The number of aromatic nitrogens is 3. The number of hydrogen-bond donors (Lipinski definition) is 1. The van der Waals surface area contributed by atoms with E-state index in [-0.39, 0.29) is 22.1 Å². The first kappa shape index (κ1) is 22.6. The smallest absolute Gasteiger partial charge is 0.433 e. The van der Waals surface area contributed by atoms with Crippen LogP contribution in [0.25, 0.3) is 16.9 Å². The van der Waals surface area contributed by atoms with Gasteiger partial charge in [0.1, 0.15) is 10.8 Å². The average Bonchev–Trinajstić information content (AvgIpc) is 3.14. The number of carbonyl (C=O) groups is 1. The summed E-state index contributed by atoms with van der Waals surface area (Å²) in [5, 5.41) is 6.29. The molecule has 0 aliphatic rings. The van der Waals surface area contributed by atoms with Crippen LogP contribution in [0.15, 0.2) is 60.7 Å². The van der Waals surface area contributed by atoms with Crippen molar-refractivity contribution in [2.24, 2.45) is 0 Å². The Balaban J connectivity index is 1.80. The lowest BCUT2D eigenvalue weighted by atomic mass is 10.1. The lowest BCUT2D eigenvalue weighted by molar-refractivity contribution is -0.142. The molecule has 0 aliphatic heterocycles. The van der Waals surface area contributed by atoms with Crippen LogP contribution in [0.5, 0.6) is 5.75 Å². The maximum absolute atomic E-state index is 13.9. The predicted molar refractivity (Wildman–Crippen MR) is 117 cm³/mol. The van der Waals surface area contributed by atoms with E-state index in [2.05, 4.69) is 15.4 Å². The molecule has 33 heavy (non-hydrogen) atoms. The van der Waals surface area contributed by atoms with Crippen molar-refractivity contribution in [3.63, 3.8) is 0 Å². The third-order valence-corrected chi connectivity index (χ3v) is 5.40. The largest absolute Gasteiger partial charge is 0.497 e. The molecule has 1 N–H and O–H groups in total. The molecule has 0 radical (unpaired) electrons. The normalized spacial score (nSPS) is 12.5. The van der Waals surface area contributed by atoms with Crippen molar-refractivity contribution in [1.29, 1.82) is 0 Å². The number of fused-ring (bicyclic) bond motifs is 1. The number of amides is 1. The third-order valence-electron chi connectivity index (χ3n) is 5.05. The molecule has 1 unspecified atom stereocenters. The lowest BCUT2D eigenvalue weighted by Gasteiger charge is -2.13. The predicted octanol–water partition coefficient (Wildman–Crippen LogP) is 5.57. The van der Waals surface area contributed by atoms with Crippen molar-refractivity contribution in [2.45, 2.75) is 19.1 Å². The van der Waals surface area contributed by atoms with Crippen LogP contribution in [0, 0.1) is 0 Å². The Morgan fingerprint density at radius 2 is 1.85 bits per heavy atom. The summed E-state index contributed by atoms with van der Waals surface area (Å²) in [6.07, 6.45) is -4.77. The van der Waals surface area contributed by atoms with Crippen LogP contribution in [-0.2, 0) is 6.18 Å². The highest BCUT2D eigenvalue weighted by atomic mass is 35.5. The minimum absolute atomic E-state index is 0.0140. The molecular weight excluding hydrogens is 457 g/mol. The molecular formula is C23H18ClF3N4O2. The number of hydrogen-bond acceptors (Lipinski definition) is 4. The van der Waals surface area contributed by atoms with Gasteiger partial charge in [-0.25, -0.2) is 9.50 Å². The Kier molecular flexibility index (Phi) is 5.99. The van der Waals surface area contributed by atoms with E-state index in [1.807, 2.05) is 30.3 Å². The standard InChI is InChI=1S/C23H18ClF3N4O2/c1-13(14-7-4-3-5-8-14)28-22(32)20-19(24)21-29-17(15-9-6-10-16(11-15)33-2)12-18(23(25,26)27)31(21)30-20/h3-13H,1-2H3,(H,28,32). The fraction of sp³-hybridized carbons (Fsp3) is 0.174. The molecule has 2 aromatic carbocycles. The first-order valence-electron chi connectivity index (χ1n) is 9.85. The molecule has 170 valence electrons. The number of methoxy groups -OCH3 is 1. The number of alkyl halides is 3. The van der Waals surface area contributed by atoms with E-state index >= 15 is 0 Å². The van der Waals surface area contributed by atoms with Crippen LogP contribution in [0.2, 0.25) is 5.02 Å². The van der Waals surface area contributed by atoms with Gasteiger partial charge in [0.2, 0.25) is 0 Å². The summed E-state index contributed by atoms with van der Waals surface area (Å²) in [5.74, 6) is -0.254. The second-order valence-electron chi connectivity index (χ2n) is 7.26. The van der Waals surface area contributed by atoms with E-state index in [0.29, 0.717) is 15.8 Å². The zero-order valence-electron chi connectivity index (χ0n) is 17.5. The van der Waals surface area contributed by atoms with Crippen molar-refractivity contribution in [2.75, 3.05) is 7.11 Å². The summed E-state index contributed by atoms with van der Waals surface area (Å²) in [6.45, 7) is 1.75. The van der Waals surface area contributed by atoms with Crippen molar-refractivity contribution >= 4 is 23.2 Å². The quantitative estimate of drug-likeness (QED) is 0.410. The topological polar surface area (TPSA) is 68.5 Å². The van der Waals surface area contributed by atoms with Crippen molar-refractivity contribution in [3.8, 4) is 17.0 Å². The van der Waals surface area contributed by atoms with Gasteiger partial charge < -0.3 is 10.1 Å². The third kappa shape index (κ3) is 4.49. The maximum atomic E-state index is 13.9. The highest BCUT2D eigenvalue weighted by molar-refractivity contribution is 6.36. The Morgan fingerprint density at radius 3 is 2.52 bits per heavy atom.